The molecule has 1 aliphatic rings. The molecule has 0 radical (unpaired) electrons. The minimum Gasteiger partial charge on any atom is -0.387 e. The predicted molar refractivity (Wildman–Crippen MR) is 68.0 cm³/mol. The predicted octanol–water partition coefficient (Wildman–Crippen LogP) is 3.24. The summed E-state index contributed by atoms with van der Waals surface area (Å²) in [5.74, 6) is 1.32. The highest BCUT2D eigenvalue weighted by Gasteiger charge is 2.25. The summed E-state index contributed by atoms with van der Waals surface area (Å²) >= 11 is 0. The van der Waals surface area contributed by atoms with E-state index in [2.05, 4.69) is 29.3 Å². The summed E-state index contributed by atoms with van der Waals surface area (Å²) in [4.78, 5) is 4.47. The van der Waals surface area contributed by atoms with Gasteiger partial charge in [0.2, 0.25) is 0 Å². The Morgan fingerprint density at radius 3 is 2.56 bits per heavy atom. The normalized spacial score (nSPS) is 16.6. The highest BCUT2D eigenvalue weighted by atomic mass is 14.9. The van der Waals surface area contributed by atoms with Crippen LogP contribution in [0, 0.1) is 5.92 Å². The van der Waals surface area contributed by atoms with E-state index in [4.69, 9.17) is 5.73 Å². The minimum atomic E-state index is 0.534. The van der Waals surface area contributed by atoms with E-state index in [9.17, 15) is 0 Å². The first-order chi connectivity index (χ1) is 7.83. The minimum absolute atomic E-state index is 0.534. The van der Waals surface area contributed by atoms with E-state index < -0.39 is 0 Å². The summed E-state index contributed by atoms with van der Waals surface area (Å²) in [7, 11) is 0. The van der Waals surface area contributed by atoms with Crippen LogP contribution >= 0.6 is 0 Å². The van der Waals surface area contributed by atoms with Crippen molar-refractivity contribution >= 4 is 22.3 Å². The lowest BCUT2D eigenvalue weighted by atomic mass is 10.1. The maximum Gasteiger partial charge on any atom is 0.103 e. The van der Waals surface area contributed by atoms with Crippen molar-refractivity contribution in [3.8, 4) is 0 Å². The van der Waals surface area contributed by atoms with Crippen LogP contribution in [0.4, 0.5) is 5.69 Å². The maximum absolute atomic E-state index is 5.91. The Hall–Kier alpha value is -1.83. The largest absolute Gasteiger partial charge is 0.387 e. The van der Waals surface area contributed by atoms with Gasteiger partial charge in [-0.2, -0.15) is 0 Å². The van der Waals surface area contributed by atoms with Crippen molar-refractivity contribution in [1.82, 2.24) is 0 Å². The van der Waals surface area contributed by atoms with E-state index >= 15 is 0 Å². The molecule has 0 saturated heterocycles. The molecule has 0 aliphatic heterocycles. The molecule has 0 amide bonds. The second kappa shape index (κ2) is 3.63. The SMILES string of the molecule is NC(=Nc1ccc2ccccc2c1)C1CC1. The first kappa shape index (κ1) is 9.40. The van der Waals surface area contributed by atoms with Gasteiger partial charge in [0, 0.05) is 5.92 Å². The molecule has 0 aromatic heterocycles. The van der Waals surface area contributed by atoms with Gasteiger partial charge in [-0.3, -0.25) is 0 Å². The van der Waals surface area contributed by atoms with Gasteiger partial charge < -0.3 is 5.73 Å². The maximum atomic E-state index is 5.91. The molecule has 0 atom stereocenters. The van der Waals surface area contributed by atoms with Crippen LogP contribution in [0.1, 0.15) is 12.8 Å². The van der Waals surface area contributed by atoms with Crippen molar-refractivity contribution in [2.75, 3.05) is 0 Å². The Morgan fingerprint density at radius 1 is 1.06 bits per heavy atom. The van der Waals surface area contributed by atoms with Crippen LogP contribution in [-0.2, 0) is 0 Å². The Morgan fingerprint density at radius 2 is 1.81 bits per heavy atom. The lowest BCUT2D eigenvalue weighted by molar-refractivity contribution is 1.15. The average molecular weight is 210 g/mol. The average Bonchev–Trinajstić information content (AvgIpc) is 3.12. The summed E-state index contributed by atoms with van der Waals surface area (Å²) in [5, 5.41) is 2.46. The molecule has 1 aliphatic carbocycles. The van der Waals surface area contributed by atoms with Gasteiger partial charge in [0.05, 0.1) is 5.69 Å². The molecule has 0 spiro atoms. The number of benzene rings is 2. The third kappa shape index (κ3) is 1.78. The lowest BCUT2D eigenvalue weighted by Crippen LogP contribution is -2.12. The number of hydrogen-bond acceptors (Lipinski definition) is 1. The number of aliphatic imine (C=N–C) groups is 1. The smallest absolute Gasteiger partial charge is 0.103 e. The molecule has 0 unspecified atom stereocenters. The molecule has 2 nitrogen and oxygen atoms in total. The van der Waals surface area contributed by atoms with Gasteiger partial charge in [0.15, 0.2) is 0 Å². The molecule has 2 aromatic rings. The standard InChI is InChI=1S/C14H14N2/c15-14(11-5-6-11)16-13-8-7-10-3-1-2-4-12(10)9-13/h1-4,7-9,11H,5-6H2,(H2,15,16). The Balaban J connectivity index is 2.01. The zero-order chi connectivity index (χ0) is 11.0. The van der Waals surface area contributed by atoms with Gasteiger partial charge in [-0.25, -0.2) is 4.99 Å². The van der Waals surface area contributed by atoms with E-state index in [0.717, 1.165) is 11.5 Å². The zero-order valence-corrected chi connectivity index (χ0v) is 9.06. The van der Waals surface area contributed by atoms with E-state index in [1.165, 1.54) is 23.6 Å². The number of amidine groups is 1. The second-order valence-electron chi connectivity index (χ2n) is 4.34. The summed E-state index contributed by atoms with van der Waals surface area (Å²) in [6.45, 7) is 0. The molecular weight excluding hydrogens is 196 g/mol. The third-order valence-corrected chi connectivity index (χ3v) is 2.99. The van der Waals surface area contributed by atoms with Crippen LogP contribution in [-0.4, -0.2) is 5.84 Å². The molecule has 2 N–H and O–H groups in total. The summed E-state index contributed by atoms with van der Waals surface area (Å²) < 4.78 is 0. The van der Waals surface area contributed by atoms with Crippen molar-refractivity contribution in [3.63, 3.8) is 0 Å². The Labute approximate surface area is 94.8 Å². The number of nitrogens with two attached hydrogens (primary N) is 1. The van der Waals surface area contributed by atoms with E-state index in [0.29, 0.717) is 5.92 Å². The van der Waals surface area contributed by atoms with E-state index in [1.54, 1.807) is 0 Å². The first-order valence-electron chi connectivity index (χ1n) is 5.66. The van der Waals surface area contributed by atoms with Crippen molar-refractivity contribution in [2.24, 2.45) is 16.6 Å². The topological polar surface area (TPSA) is 38.4 Å². The fourth-order valence-corrected chi connectivity index (χ4v) is 1.87. The molecule has 3 rings (SSSR count). The molecule has 0 bridgehead atoms. The van der Waals surface area contributed by atoms with Crippen LogP contribution in [0.2, 0.25) is 0 Å². The highest BCUT2D eigenvalue weighted by molar-refractivity contribution is 5.90. The number of nitrogens with zero attached hydrogens (tertiary/aromatic N) is 1. The highest BCUT2D eigenvalue weighted by Crippen LogP contribution is 2.30. The van der Waals surface area contributed by atoms with Gasteiger partial charge >= 0.3 is 0 Å². The van der Waals surface area contributed by atoms with Crippen LogP contribution in [0.25, 0.3) is 10.8 Å². The molecular formula is C14H14N2. The van der Waals surface area contributed by atoms with Crippen LogP contribution in [0.5, 0.6) is 0 Å². The van der Waals surface area contributed by atoms with Gasteiger partial charge in [0.1, 0.15) is 5.84 Å². The van der Waals surface area contributed by atoms with Crippen LogP contribution in [0.15, 0.2) is 47.5 Å². The zero-order valence-electron chi connectivity index (χ0n) is 9.06. The van der Waals surface area contributed by atoms with E-state index in [-0.39, 0.29) is 0 Å². The van der Waals surface area contributed by atoms with Gasteiger partial charge in [-0.1, -0.05) is 30.3 Å². The number of fused-ring (bicyclic) bond motifs is 1. The van der Waals surface area contributed by atoms with Gasteiger partial charge in [-0.05, 0) is 35.7 Å². The summed E-state index contributed by atoms with van der Waals surface area (Å²) in [6.07, 6.45) is 2.39. The van der Waals surface area contributed by atoms with Crippen molar-refractivity contribution < 1.29 is 0 Å². The molecule has 1 fully saturated rings. The molecule has 2 aromatic carbocycles. The van der Waals surface area contributed by atoms with E-state index in [1.807, 2.05) is 18.2 Å². The fourth-order valence-electron chi connectivity index (χ4n) is 1.87. The molecule has 80 valence electrons. The molecule has 1 saturated carbocycles. The van der Waals surface area contributed by atoms with Crippen molar-refractivity contribution in [3.05, 3.63) is 42.5 Å². The Bertz CT molecular complexity index is 553. The quantitative estimate of drug-likeness (QED) is 0.599. The molecule has 0 heterocycles. The fraction of sp³-hybridized carbons (Fsp3) is 0.214. The number of hydrogen-bond donors (Lipinski definition) is 1. The first-order valence-corrected chi connectivity index (χ1v) is 5.66. The second-order valence-corrected chi connectivity index (χ2v) is 4.34. The van der Waals surface area contributed by atoms with Crippen LogP contribution < -0.4 is 5.73 Å². The molecule has 2 heteroatoms. The van der Waals surface area contributed by atoms with Crippen molar-refractivity contribution in [1.29, 1.82) is 0 Å². The lowest BCUT2D eigenvalue weighted by Gasteiger charge is -2.01. The monoisotopic (exact) mass is 210 g/mol. The summed E-state index contributed by atoms with van der Waals surface area (Å²) in [5.41, 5.74) is 6.87. The molecule has 16 heavy (non-hydrogen) atoms. The van der Waals surface area contributed by atoms with Crippen molar-refractivity contribution in [2.45, 2.75) is 12.8 Å². The van der Waals surface area contributed by atoms with Gasteiger partial charge in [-0.15, -0.1) is 0 Å². The van der Waals surface area contributed by atoms with Crippen LogP contribution in [0.3, 0.4) is 0 Å². The van der Waals surface area contributed by atoms with Gasteiger partial charge in [0.25, 0.3) is 0 Å². The third-order valence-electron chi connectivity index (χ3n) is 2.99. The number of rotatable bonds is 2. The summed E-state index contributed by atoms with van der Waals surface area (Å²) in [6, 6.07) is 14.5. The Kier molecular flexibility index (Phi) is 2.13.